The van der Waals surface area contributed by atoms with E-state index < -0.39 is 0 Å². The molecule has 0 aromatic heterocycles. The monoisotopic (exact) mass is 167 g/mol. The van der Waals surface area contributed by atoms with Crippen LogP contribution in [0.15, 0.2) is 11.6 Å². The van der Waals surface area contributed by atoms with Crippen LogP contribution >= 0.6 is 0 Å². The Hall–Kier alpha value is -0.300. The molecule has 0 radical (unpaired) electrons. The molecule has 0 saturated heterocycles. The first kappa shape index (κ1) is 9.79. The fourth-order valence-corrected chi connectivity index (χ4v) is 1.73. The molecule has 1 aliphatic carbocycles. The van der Waals surface area contributed by atoms with Crippen molar-refractivity contribution in [3.05, 3.63) is 11.6 Å². The lowest BCUT2D eigenvalue weighted by atomic mass is 9.90. The molecule has 0 bridgehead atoms. The van der Waals surface area contributed by atoms with Gasteiger partial charge in [-0.25, -0.2) is 0 Å². The average molecular weight is 167 g/mol. The molecule has 1 fully saturated rings. The van der Waals surface area contributed by atoms with Crippen molar-refractivity contribution in [2.75, 3.05) is 0 Å². The van der Waals surface area contributed by atoms with Crippen molar-refractivity contribution < 1.29 is 0 Å². The Kier molecular flexibility index (Phi) is 4.37. The van der Waals surface area contributed by atoms with Crippen LogP contribution in [-0.2, 0) is 0 Å². The Morgan fingerprint density at radius 3 is 2.67 bits per heavy atom. The third kappa shape index (κ3) is 3.40. The molecule has 2 N–H and O–H groups in total. The normalized spacial score (nSPS) is 24.2. The lowest BCUT2D eigenvalue weighted by Crippen LogP contribution is -2.23. The minimum Gasteiger partial charge on any atom is -0.328 e. The van der Waals surface area contributed by atoms with E-state index in [9.17, 15) is 0 Å². The first-order chi connectivity index (χ1) is 5.83. The largest absolute Gasteiger partial charge is 0.328 e. The molecule has 0 unspecified atom stereocenters. The highest BCUT2D eigenvalue weighted by molar-refractivity contribution is 5.05. The fourth-order valence-electron chi connectivity index (χ4n) is 1.73. The first-order valence-electron chi connectivity index (χ1n) is 5.26. The van der Waals surface area contributed by atoms with Crippen molar-refractivity contribution in [2.24, 2.45) is 5.73 Å². The maximum Gasteiger partial charge on any atom is 0.00449 e. The summed E-state index contributed by atoms with van der Waals surface area (Å²) in [5.41, 5.74) is 7.48. The van der Waals surface area contributed by atoms with E-state index >= 15 is 0 Å². The van der Waals surface area contributed by atoms with Gasteiger partial charge in [0.1, 0.15) is 0 Å². The number of hydrogen-bond acceptors (Lipinski definition) is 1. The van der Waals surface area contributed by atoms with Crippen LogP contribution in [0.2, 0.25) is 0 Å². The van der Waals surface area contributed by atoms with Gasteiger partial charge in [-0.2, -0.15) is 0 Å². The Morgan fingerprint density at radius 1 is 1.42 bits per heavy atom. The van der Waals surface area contributed by atoms with E-state index in [2.05, 4.69) is 13.0 Å². The maximum atomic E-state index is 5.82. The van der Waals surface area contributed by atoms with Gasteiger partial charge in [0.25, 0.3) is 0 Å². The van der Waals surface area contributed by atoms with Gasteiger partial charge in [0, 0.05) is 6.04 Å². The van der Waals surface area contributed by atoms with Crippen LogP contribution in [0.4, 0.5) is 0 Å². The van der Waals surface area contributed by atoms with Crippen molar-refractivity contribution in [1.29, 1.82) is 0 Å². The SMILES string of the molecule is CCCCC=C1CCC(N)CC1. The van der Waals surface area contributed by atoms with Crippen LogP contribution in [0.3, 0.4) is 0 Å². The van der Waals surface area contributed by atoms with Crippen LogP contribution in [0.1, 0.15) is 51.9 Å². The summed E-state index contributed by atoms with van der Waals surface area (Å²) in [6, 6.07) is 0.480. The quantitative estimate of drug-likeness (QED) is 0.507. The fraction of sp³-hybridized carbons (Fsp3) is 0.818. The molecule has 0 amide bonds. The molecule has 70 valence electrons. The smallest absolute Gasteiger partial charge is 0.00449 e. The summed E-state index contributed by atoms with van der Waals surface area (Å²) in [5.74, 6) is 0. The second kappa shape index (κ2) is 5.36. The van der Waals surface area contributed by atoms with E-state index in [4.69, 9.17) is 5.73 Å². The molecule has 0 spiro atoms. The Balaban J connectivity index is 2.19. The topological polar surface area (TPSA) is 26.0 Å². The first-order valence-corrected chi connectivity index (χ1v) is 5.26. The van der Waals surface area contributed by atoms with Gasteiger partial charge in [-0.1, -0.05) is 31.4 Å². The second-order valence-corrected chi connectivity index (χ2v) is 3.84. The van der Waals surface area contributed by atoms with Gasteiger partial charge in [-0.3, -0.25) is 0 Å². The summed E-state index contributed by atoms with van der Waals surface area (Å²) in [6.07, 6.45) is 11.3. The second-order valence-electron chi connectivity index (χ2n) is 3.84. The Labute approximate surface area is 76.0 Å². The summed E-state index contributed by atoms with van der Waals surface area (Å²) in [4.78, 5) is 0. The predicted octanol–water partition coefficient (Wildman–Crippen LogP) is 3.00. The molecule has 1 saturated carbocycles. The van der Waals surface area contributed by atoms with Gasteiger partial charge in [0.2, 0.25) is 0 Å². The Bertz CT molecular complexity index is 139. The lowest BCUT2D eigenvalue weighted by molar-refractivity contribution is 0.509. The van der Waals surface area contributed by atoms with Crippen LogP contribution < -0.4 is 5.73 Å². The zero-order valence-electron chi connectivity index (χ0n) is 8.18. The van der Waals surface area contributed by atoms with Crippen molar-refractivity contribution in [3.63, 3.8) is 0 Å². The van der Waals surface area contributed by atoms with Crippen molar-refractivity contribution in [2.45, 2.75) is 57.9 Å². The van der Waals surface area contributed by atoms with Gasteiger partial charge < -0.3 is 5.73 Å². The number of nitrogens with two attached hydrogens (primary N) is 1. The van der Waals surface area contributed by atoms with Crippen molar-refractivity contribution in [3.8, 4) is 0 Å². The van der Waals surface area contributed by atoms with E-state index in [0.29, 0.717) is 6.04 Å². The average Bonchev–Trinajstić information content (AvgIpc) is 2.09. The van der Waals surface area contributed by atoms with E-state index in [1.807, 2.05) is 0 Å². The third-order valence-electron chi connectivity index (χ3n) is 2.66. The van der Waals surface area contributed by atoms with E-state index in [0.717, 1.165) is 0 Å². The molecule has 1 nitrogen and oxygen atoms in total. The molecule has 12 heavy (non-hydrogen) atoms. The number of unbranched alkanes of at least 4 members (excludes halogenated alkanes) is 2. The van der Waals surface area contributed by atoms with Crippen molar-refractivity contribution in [1.82, 2.24) is 0 Å². The number of allylic oxidation sites excluding steroid dienone is 2. The number of hydrogen-bond donors (Lipinski definition) is 1. The summed E-state index contributed by atoms with van der Waals surface area (Å²) in [7, 11) is 0. The Morgan fingerprint density at radius 2 is 2.08 bits per heavy atom. The zero-order chi connectivity index (χ0) is 8.81. The molecule has 0 aromatic carbocycles. The summed E-state index contributed by atoms with van der Waals surface area (Å²) in [6.45, 7) is 2.25. The molecule has 0 atom stereocenters. The van der Waals surface area contributed by atoms with Gasteiger partial charge in [-0.05, 0) is 32.1 Å². The maximum absolute atomic E-state index is 5.82. The molecule has 1 aliphatic rings. The van der Waals surface area contributed by atoms with Crippen LogP contribution in [0, 0.1) is 0 Å². The van der Waals surface area contributed by atoms with E-state index in [1.165, 1.54) is 44.9 Å². The summed E-state index contributed by atoms with van der Waals surface area (Å²) in [5, 5.41) is 0. The van der Waals surface area contributed by atoms with Gasteiger partial charge >= 0.3 is 0 Å². The van der Waals surface area contributed by atoms with Crippen LogP contribution in [0.5, 0.6) is 0 Å². The minimum atomic E-state index is 0.480. The van der Waals surface area contributed by atoms with Crippen LogP contribution in [0.25, 0.3) is 0 Å². The van der Waals surface area contributed by atoms with Crippen LogP contribution in [-0.4, -0.2) is 6.04 Å². The number of rotatable bonds is 3. The highest BCUT2D eigenvalue weighted by atomic mass is 14.6. The zero-order valence-corrected chi connectivity index (χ0v) is 8.18. The lowest BCUT2D eigenvalue weighted by Gasteiger charge is -2.19. The highest BCUT2D eigenvalue weighted by Gasteiger charge is 2.11. The predicted molar refractivity (Wildman–Crippen MR) is 54.1 cm³/mol. The summed E-state index contributed by atoms with van der Waals surface area (Å²) < 4.78 is 0. The molecule has 1 rings (SSSR count). The molecular weight excluding hydrogens is 146 g/mol. The molecule has 0 heterocycles. The molecular formula is C11H21N. The minimum absolute atomic E-state index is 0.480. The molecule has 0 aromatic rings. The van der Waals surface area contributed by atoms with Gasteiger partial charge in [0.05, 0.1) is 0 Å². The van der Waals surface area contributed by atoms with E-state index in [1.54, 1.807) is 5.57 Å². The third-order valence-corrected chi connectivity index (χ3v) is 2.66. The van der Waals surface area contributed by atoms with Gasteiger partial charge in [0.15, 0.2) is 0 Å². The molecule has 1 heteroatoms. The highest BCUT2D eigenvalue weighted by Crippen LogP contribution is 2.22. The standard InChI is InChI=1S/C11H21N/c1-2-3-4-5-10-6-8-11(12)9-7-10/h5,11H,2-4,6-9,12H2,1H3. The van der Waals surface area contributed by atoms with Gasteiger partial charge in [-0.15, -0.1) is 0 Å². The van der Waals surface area contributed by atoms with Crippen molar-refractivity contribution >= 4 is 0 Å². The summed E-state index contributed by atoms with van der Waals surface area (Å²) >= 11 is 0. The molecule has 0 aliphatic heterocycles. The van der Waals surface area contributed by atoms with E-state index in [-0.39, 0.29) is 0 Å².